The Hall–Kier alpha value is -2.11. The summed E-state index contributed by atoms with van der Waals surface area (Å²) in [5.41, 5.74) is 0. The second-order valence-electron chi connectivity index (χ2n) is 5.69. The number of aliphatic hydroxyl groups excluding tert-OH is 3. The first kappa shape index (κ1) is 22.9. The van der Waals surface area contributed by atoms with Crippen molar-refractivity contribution in [2.45, 2.75) is 57.7 Å². The highest BCUT2D eigenvalue weighted by Crippen LogP contribution is 2.09. The van der Waals surface area contributed by atoms with E-state index in [-0.39, 0.29) is 11.9 Å². The molecule has 2 atom stereocenters. The van der Waals surface area contributed by atoms with Crippen LogP contribution in [0.15, 0.2) is 60.4 Å². The Morgan fingerprint density at radius 1 is 0.880 bits per heavy atom. The molecule has 5 nitrogen and oxygen atoms in total. The van der Waals surface area contributed by atoms with Gasteiger partial charge in [0.1, 0.15) is 5.76 Å². The van der Waals surface area contributed by atoms with Gasteiger partial charge in [0.05, 0.1) is 12.2 Å². The lowest BCUT2D eigenvalue weighted by molar-refractivity contribution is -0.131. The van der Waals surface area contributed by atoms with Gasteiger partial charge in [-0.05, 0) is 31.4 Å². The van der Waals surface area contributed by atoms with Crippen LogP contribution in [0.5, 0.6) is 0 Å². The summed E-state index contributed by atoms with van der Waals surface area (Å²) in [6.45, 7) is 1.97. The minimum Gasteiger partial charge on any atom is -0.508 e. The quantitative estimate of drug-likeness (QED) is 0.175. The summed E-state index contributed by atoms with van der Waals surface area (Å²) in [5, 5.41) is 37.0. The molecule has 0 aromatic rings. The number of carboxylic acids is 1. The van der Waals surface area contributed by atoms with E-state index in [0.717, 1.165) is 38.2 Å². The van der Waals surface area contributed by atoms with Crippen molar-refractivity contribution in [1.82, 2.24) is 0 Å². The molecule has 140 valence electrons. The first-order valence-electron chi connectivity index (χ1n) is 8.63. The molecule has 0 saturated heterocycles. The zero-order chi connectivity index (χ0) is 18.9. The molecule has 0 aliphatic rings. The van der Waals surface area contributed by atoms with E-state index in [0.29, 0.717) is 6.42 Å². The van der Waals surface area contributed by atoms with Gasteiger partial charge in [-0.25, -0.2) is 4.79 Å². The van der Waals surface area contributed by atoms with E-state index < -0.39 is 12.1 Å². The molecular weight excluding hydrogens is 320 g/mol. The van der Waals surface area contributed by atoms with Gasteiger partial charge in [0, 0.05) is 6.08 Å². The Morgan fingerprint density at radius 2 is 1.56 bits per heavy atom. The van der Waals surface area contributed by atoms with Gasteiger partial charge in [-0.2, -0.15) is 0 Å². The van der Waals surface area contributed by atoms with E-state index in [1.165, 1.54) is 18.2 Å². The number of allylic oxidation sites excluding steroid dienone is 7. The minimum absolute atomic E-state index is 0.0562. The van der Waals surface area contributed by atoms with E-state index in [1.54, 1.807) is 30.4 Å². The molecule has 0 amide bonds. The molecule has 0 aliphatic heterocycles. The van der Waals surface area contributed by atoms with Crippen molar-refractivity contribution in [3.8, 4) is 0 Å². The number of rotatable bonds is 13. The van der Waals surface area contributed by atoms with Gasteiger partial charge in [0.15, 0.2) is 0 Å². The summed E-state index contributed by atoms with van der Waals surface area (Å²) < 4.78 is 0. The number of aliphatic hydroxyl groups is 3. The predicted octanol–water partition coefficient (Wildman–Crippen LogP) is 3.82. The number of carboxylic acid groups (broad SMARTS) is 1. The largest absolute Gasteiger partial charge is 0.508 e. The average molecular weight is 350 g/mol. The average Bonchev–Trinajstić information content (AvgIpc) is 2.57. The third-order valence-corrected chi connectivity index (χ3v) is 3.45. The van der Waals surface area contributed by atoms with Gasteiger partial charge < -0.3 is 20.4 Å². The highest BCUT2D eigenvalue weighted by Gasteiger charge is 2.01. The first-order chi connectivity index (χ1) is 12.0. The number of carbonyl (C=O) groups is 1. The maximum absolute atomic E-state index is 10.2. The van der Waals surface area contributed by atoms with Crippen LogP contribution in [-0.2, 0) is 4.79 Å². The van der Waals surface area contributed by atoms with Crippen LogP contribution in [0, 0.1) is 0 Å². The topological polar surface area (TPSA) is 98.0 Å². The first-order valence-corrected chi connectivity index (χ1v) is 8.63. The highest BCUT2D eigenvalue weighted by molar-refractivity contribution is 5.80. The Kier molecular flexibility index (Phi) is 14.1. The summed E-state index contributed by atoms with van der Waals surface area (Å²) in [7, 11) is 0. The van der Waals surface area contributed by atoms with Gasteiger partial charge in [0.2, 0.25) is 0 Å². The SMILES string of the molecule is CCC(O)CCCCCC(O)C=CC=CC=CC(O)=CC=CC(=O)O. The molecule has 0 aliphatic carbocycles. The van der Waals surface area contributed by atoms with Crippen LogP contribution < -0.4 is 0 Å². The zero-order valence-corrected chi connectivity index (χ0v) is 14.8. The molecular formula is C20H30O5. The van der Waals surface area contributed by atoms with Crippen molar-refractivity contribution in [2.24, 2.45) is 0 Å². The predicted molar refractivity (Wildman–Crippen MR) is 100 cm³/mol. The monoisotopic (exact) mass is 350 g/mol. The summed E-state index contributed by atoms with van der Waals surface area (Å²) in [6, 6.07) is 0. The second kappa shape index (κ2) is 15.4. The molecule has 0 rings (SSSR count). The minimum atomic E-state index is -1.07. The fourth-order valence-corrected chi connectivity index (χ4v) is 1.97. The molecule has 0 heterocycles. The molecule has 4 N–H and O–H groups in total. The van der Waals surface area contributed by atoms with Crippen LogP contribution in [0.3, 0.4) is 0 Å². The van der Waals surface area contributed by atoms with Crippen LogP contribution in [0.2, 0.25) is 0 Å². The standard InChI is InChI=1S/C20H30O5/c1-2-17(21)11-8-5-9-14-18(22)12-6-3-4-7-13-19(23)15-10-16-20(24)25/h3-4,6-7,10,12-13,15-18,21-23H,2,5,8-9,11,14H2,1H3,(H,24,25). The molecule has 0 radical (unpaired) electrons. The zero-order valence-electron chi connectivity index (χ0n) is 14.8. The third kappa shape index (κ3) is 16.5. The van der Waals surface area contributed by atoms with Gasteiger partial charge in [-0.1, -0.05) is 62.6 Å². The maximum Gasteiger partial charge on any atom is 0.328 e. The second-order valence-corrected chi connectivity index (χ2v) is 5.69. The Labute approximate surface area is 150 Å². The highest BCUT2D eigenvalue weighted by atomic mass is 16.4. The fraction of sp³-hybridized carbons (Fsp3) is 0.450. The normalized spacial score (nSPS) is 15.7. The van der Waals surface area contributed by atoms with Crippen molar-refractivity contribution < 1.29 is 25.2 Å². The molecule has 5 heteroatoms. The van der Waals surface area contributed by atoms with E-state index in [1.807, 2.05) is 6.92 Å². The molecule has 0 bridgehead atoms. The van der Waals surface area contributed by atoms with E-state index >= 15 is 0 Å². The fourth-order valence-electron chi connectivity index (χ4n) is 1.97. The Bertz CT molecular complexity index is 500. The molecule has 0 aromatic heterocycles. The summed E-state index contributed by atoms with van der Waals surface area (Å²) >= 11 is 0. The molecule has 0 aromatic carbocycles. The lowest BCUT2D eigenvalue weighted by Crippen LogP contribution is -2.04. The van der Waals surface area contributed by atoms with E-state index in [4.69, 9.17) is 5.11 Å². The van der Waals surface area contributed by atoms with E-state index in [2.05, 4.69) is 0 Å². The van der Waals surface area contributed by atoms with Gasteiger partial charge in [-0.15, -0.1) is 0 Å². The Morgan fingerprint density at radius 3 is 2.24 bits per heavy atom. The maximum atomic E-state index is 10.2. The van der Waals surface area contributed by atoms with Crippen molar-refractivity contribution in [3.63, 3.8) is 0 Å². The van der Waals surface area contributed by atoms with Crippen LogP contribution in [0.25, 0.3) is 0 Å². The van der Waals surface area contributed by atoms with Crippen LogP contribution in [0.1, 0.15) is 45.4 Å². The molecule has 25 heavy (non-hydrogen) atoms. The van der Waals surface area contributed by atoms with Crippen molar-refractivity contribution in [3.05, 3.63) is 60.4 Å². The van der Waals surface area contributed by atoms with Crippen LogP contribution in [-0.4, -0.2) is 38.6 Å². The summed E-state index contributed by atoms with van der Waals surface area (Å²) in [5.74, 6) is -1.13. The molecule has 0 fully saturated rings. The van der Waals surface area contributed by atoms with Gasteiger partial charge in [0.25, 0.3) is 0 Å². The number of hydrogen-bond donors (Lipinski definition) is 4. The Balaban J connectivity index is 3.92. The number of unbranched alkanes of at least 4 members (excludes halogenated alkanes) is 2. The lowest BCUT2D eigenvalue weighted by Gasteiger charge is -2.08. The lowest BCUT2D eigenvalue weighted by atomic mass is 10.1. The van der Waals surface area contributed by atoms with Gasteiger partial charge in [-0.3, -0.25) is 0 Å². The number of hydrogen-bond acceptors (Lipinski definition) is 4. The van der Waals surface area contributed by atoms with Crippen molar-refractivity contribution >= 4 is 5.97 Å². The van der Waals surface area contributed by atoms with Crippen molar-refractivity contribution in [1.29, 1.82) is 0 Å². The van der Waals surface area contributed by atoms with Crippen molar-refractivity contribution in [2.75, 3.05) is 0 Å². The number of aliphatic carboxylic acids is 1. The summed E-state index contributed by atoms with van der Waals surface area (Å²) in [4.78, 5) is 10.2. The smallest absolute Gasteiger partial charge is 0.328 e. The van der Waals surface area contributed by atoms with E-state index in [9.17, 15) is 20.1 Å². The summed E-state index contributed by atoms with van der Waals surface area (Å²) in [6.07, 6.45) is 17.9. The third-order valence-electron chi connectivity index (χ3n) is 3.45. The van der Waals surface area contributed by atoms with Crippen LogP contribution in [0.4, 0.5) is 0 Å². The molecule has 0 saturated carbocycles. The molecule has 2 unspecified atom stereocenters. The molecule has 0 spiro atoms. The van der Waals surface area contributed by atoms with Crippen LogP contribution >= 0.6 is 0 Å². The van der Waals surface area contributed by atoms with Gasteiger partial charge >= 0.3 is 5.97 Å².